The summed E-state index contributed by atoms with van der Waals surface area (Å²) >= 11 is 6.61. The number of rotatable bonds is 4. The number of aryl methyl sites for hydroxylation is 1. The van der Waals surface area contributed by atoms with Gasteiger partial charge in [0, 0.05) is 6.20 Å². The van der Waals surface area contributed by atoms with E-state index in [1.54, 1.807) is 19.1 Å². The van der Waals surface area contributed by atoms with Crippen LogP contribution < -0.4 is 9.46 Å². The van der Waals surface area contributed by atoms with E-state index in [2.05, 4.69) is 14.7 Å². The summed E-state index contributed by atoms with van der Waals surface area (Å²) in [6.07, 6.45) is 1.51. The molecule has 0 fully saturated rings. The third-order valence-corrected chi connectivity index (χ3v) is 5.42. The van der Waals surface area contributed by atoms with Crippen molar-refractivity contribution in [2.24, 2.45) is 0 Å². The van der Waals surface area contributed by atoms with Gasteiger partial charge in [-0.25, -0.2) is 18.4 Å². The second-order valence-electron chi connectivity index (χ2n) is 3.51. The number of anilines is 1. The maximum Gasteiger partial charge on any atom is 0.273 e. The van der Waals surface area contributed by atoms with Crippen molar-refractivity contribution in [3.05, 3.63) is 28.5 Å². The number of nitrogens with zero attached hydrogens (tertiary/aromatic N) is 2. The molecule has 0 amide bonds. The van der Waals surface area contributed by atoms with Gasteiger partial charge in [0.05, 0.1) is 12.8 Å². The molecule has 6 nitrogen and oxygen atoms in total. The largest absolute Gasteiger partial charge is 0.480 e. The average molecular weight is 320 g/mol. The lowest BCUT2D eigenvalue weighted by Gasteiger charge is -2.09. The number of ether oxygens (including phenoxy) is 1. The van der Waals surface area contributed by atoms with Gasteiger partial charge in [-0.1, -0.05) is 22.9 Å². The van der Waals surface area contributed by atoms with Crippen LogP contribution in [0.3, 0.4) is 0 Å². The molecule has 0 unspecified atom stereocenters. The predicted octanol–water partition coefficient (Wildman–Crippen LogP) is 2.31. The van der Waals surface area contributed by atoms with Gasteiger partial charge in [-0.3, -0.25) is 4.72 Å². The summed E-state index contributed by atoms with van der Waals surface area (Å²) in [5.74, 6) is 0.194. The third kappa shape index (κ3) is 2.96. The van der Waals surface area contributed by atoms with Crippen LogP contribution >= 0.6 is 22.9 Å². The Labute approximate surface area is 119 Å². The Morgan fingerprint density at radius 3 is 2.79 bits per heavy atom. The zero-order chi connectivity index (χ0) is 14.0. The molecular weight excluding hydrogens is 310 g/mol. The SMILES string of the molecule is COc1ncccc1NS(=O)(=O)c1sc(Cl)nc1C. The van der Waals surface area contributed by atoms with E-state index < -0.39 is 10.0 Å². The molecule has 0 aliphatic carbocycles. The molecule has 102 valence electrons. The van der Waals surface area contributed by atoms with Gasteiger partial charge in [-0.05, 0) is 19.1 Å². The molecule has 0 aromatic carbocycles. The average Bonchev–Trinajstić information content (AvgIpc) is 2.69. The zero-order valence-corrected chi connectivity index (χ0v) is 12.4. The number of hydrogen-bond donors (Lipinski definition) is 1. The Bertz CT molecular complexity index is 700. The summed E-state index contributed by atoms with van der Waals surface area (Å²) in [4.78, 5) is 7.79. The second kappa shape index (κ2) is 5.32. The molecule has 0 saturated heterocycles. The normalized spacial score (nSPS) is 11.3. The van der Waals surface area contributed by atoms with Crippen molar-refractivity contribution in [1.29, 1.82) is 0 Å². The van der Waals surface area contributed by atoms with Crippen LogP contribution in [0.4, 0.5) is 5.69 Å². The molecule has 0 aliphatic rings. The third-order valence-electron chi connectivity index (χ3n) is 2.18. The van der Waals surface area contributed by atoms with Crippen LogP contribution in [-0.2, 0) is 10.0 Å². The fourth-order valence-corrected chi connectivity index (χ4v) is 4.22. The van der Waals surface area contributed by atoms with Gasteiger partial charge in [0.25, 0.3) is 10.0 Å². The highest BCUT2D eigenvalue weighted by atomic mass is 35.5. The van der Waals surface area contributed by atoms with Crippen LogP contribution in [0, 0.1) is 6.92 Å². The highest BCUT2D eigenvalue weighted by Crippen LogP contribution is 2.30. The molecule has 0 atom stereocenters. The Morgan fingerprint density at radius 1 is 1.47 bits per heavy atom. The van der Waals surface area contributed by atoms with Crippen molar-refractivity contribution in [2.45, 2.75) is 11.1 Å². The fraction of sp³-hybridized carbons (Fsp3) is 0.200. The summed E-state index contributed by atoms with van der Waals surface area (Å²) in [6, 6.07) is 3.16. The van der Waals surface area contributed by atoms with Crippen LogP contribution in [0.15, 0.2) is 22.5 Å². The van der Waals surface area contributed by atoms with Gasteiger partial charge in [-0.2, -0.15) is 0 Å². The van der Waals surface area contributed by atoms with Gasteiger partial charge in [0.15, 0.2) is 8.68 Å². The highest BCUT2D eigenvalue weighted by molar-refractivity contribution is 7.94. The van der Waals surface area contributed by atoms with E-state index in [1.807, 2.05) is 0 Å². The van der Waals surface area contributed by atoms with Crippen LogP contribution in [0.5, 0.6) is 5.88 Å². The minimum atomic E-state index is -3.75. The minimum absolute atomic E-state index is 0.0726. The Morgan fingerprint density at radius 2 is 2.21 bits per heavy atom. The van der Waals surface area contributed by atoms with Crippen molar-refractivity contribution in [1.82, 2.24) is 9.97 Å². The van der Waals surface area contributed by atoms with E-state index in [9.17, 15) is 8.42 Å². The first-order valence-corrected chi connectivity index (χ1v) is 7.76. The maximum atomic E-state index is 12.2. The number of pyridine rings is 1. The van der Waals surface area contributed by atoms with Crippen molar-refractivity contribution in [2.75, 3.05) is 11.8 Å². The van der Waals surface area contributed by atoms with Crippen molar-refractivity contribution < 1.29 is 13.2 Å². The summed E-state index contributed by atoms with van der Waals surface area (Å²) < 4.78 is 32.1. The van der Waals surface area contributed by atoms with Crippen LogP contribution in [0.25, 0.3) is 0 Å². The Hall–Kier alpha value is -1.38. The molecular formula is C10H10ClN3O3S2. The van der Waals surface area contributed by atoms with Gasteiger partial charge >= 0.3 is 0 Å². The smallest absolute Gasteiger partial charge is 0.273 e. The van der Waals surface area contributed by atoms with E-state index in [0.717, 1.165) is 11.3 Å². The molecule has 9 heteroatoms. The predicted molar refractivity (Wildman–Crippen MR) is 73.5 cm³/mol. The number of halogens is 1. The Kier molecular flexibility index (Phi) is 3.93. The zero-order valence-electron chi connectivity index (χ0n) is 10.0. The number of hydrogen-bond acceptors (Lipinski definition) is 6. The van der Waals surface area contributed by atoms with E-state index in [4.69, 9.17) is 16.3 Å². The van der Waals surface area contributed by atoms with Crippen LogP contribution in [-0.4, -0.2) is 25.5 Å². The van der Waals surface area contributed by atoms with Gasteiger partial charge in [0.1, 0.15) is 5.69 Å². The first-order valence-electron chi connectivity index (χ1n) is 5.09. The number of sulfonamides is 1. The number of thiazole rings is 1. The number of nitrogens with one attached hydrogen (secondary N) is 1. The molecule has 0 aliphatic heterocycles. The van der Waals surface area contributed by atoms with Gasteiger partial charge in [-0.15, -0.1) is 0 Å². The Balaban J connectivity index is 2.39. The molecule has 19 heavy (non-hydrogen) atoms. The van der Waals surface area contributed by atoms with E-state index in [0.29, 0.717) is 5.69 Å². The monoisotopic (exact) mass is 319 g/mol. The highest BCUT2D eigenvalue weighted by Gasteiger charge is 2.23. The number of methoxy groups -OCH3 is 1. The number of aromatic nitrogens is 2. The van der Waals surface area contributed by atoms with E-state index in [-0.39, 0.29) is 20.2 Å². The second-order valence-corrected chi connectivity index (χ2v) is 6.96. The lowest BCUT2D eigenvalue weighted by molar-refractivity contribution is 0.400. The van der Waals surface area contributed by atoms with Crippen LogP contribution in [0.2, 0.25) is 4.47 Å². The quantitative estimate of drug-likeness (QED) is 0.935. The summed E-state index contributed by atoms with van der Waals surface area (Å²) in [5.41, 5.74) is 0.610. The fourth-order valence-electron chi connectivity index (χ4n) is 1.42. The first-order chi connectivity index (χ1) is 8.94. The summed E-state index contributed by atoms with van der Waals surface area (Å²) in [7, 11) is -2.34. The lowest BCUT2D eigenvalue weighted by Crippen LogP contribution is -2.13. The van der Waals surface area contributed by atoms with Crippen LogP contribution in [0.1, 0.15) is 5.69 Å². The molecule has 2 rings (SSSR count). The molecule has 2 aromatic rings. The molecule has 0 saturated carbocycles. The van der Waals surface area contributed by atoms with E-state index in [1.165, 1.54) is 13.3 Å². The topological polar surface area (TPSA) is 81.2 Å². The molecule has 1 N–H and O–H groups in total. The van der Waals surface area contributed by atoms with Crippen molar-refractivity contribution >= 4 is 38.6 Å². The molecule has 2 heterocycles. The minimum Gasteiger partial charge on any atom is -0.480 e. The molecule has 0 bridgehead atoms. The van der Waals surface area contributed by atoms with Gasteiger partial charge in [0.2, 0.25) is 5.88 Å². The van der Waals surface area contributed by atoms with Crippen molar-refractivity contribution in [3.63, 3.8) is 0 Å². The maximum absolute atomic E-state index is 12.2. The van der Waals surface area contributed by atoms with Crippen molar-refractivity contribution in [3.8, 4) is 5.88 Å². The molecule has 2 aromatic heterocycles. The molecule has 0 radical (unpaired) electrons. The van der Waals surface area contributed by atoms with E-state index >= 15 is 0 Å². The standard InChI is InChI=1S/C10H10ClN3O3S2/c1-6-9(18-10(11)13-6)19(15,16)14-7-4-3-5-12-8(7)17-2/h3-5,14H,1-2H3. The lowest BCUT2D eigenvalue weighted by atomic mass is 10.4. The first kappa shape index (κ1) is 14.0. The summed E-state index contributed by atoms with van der Waals surface area (Å²) in [6.45, 7) is 1.58. The van der Waals surface area contributed by atoms with Gasteiger partial charge < -0.3 is 4.74 Å². The summed E-state index contributed by atoms with van der Waals surface area (Å²) in [5, 5.41) is 0. The molecule has 0 spiro atoms.